The summed E-state index contributed by atoms with van der Waals surface area (Å²) in [5.41, 5.74) is 3.19. The van der Waals surface area contributed by atoms with Crippen LogP contribution in [0.4, 0.5) is 0 Å². The highest BCUT2D eigenvalue weighted by molar-refractivity contribution is 5.80. The maximum Gasteiger partial charge on any atom is 0.193 e. The number of fused-ring (bicyclic) bond motifs is 1. The van der Waals surface area contributed by atoms with Crippen molar-refractivity contribution >= 4 is 11.6 Å². The summed E-state index contributed by atoms with van der Waals surface area (Å²) >= 11 is 0. The summed E-state index contributed by atoms with van der Waals surface area (Å²) in [6, 6.07) is 6.15. The van der Waals surface area contributed by atoms with E-state index < -0.39 is 0 Å². The number of imidazole rings is 1. The van der Waals surface area contributed by atoms with Gasteiger partial charge in [-0.05, 0) is 25.5 Å². The highest BCUT2D eigenvalue weighted by atomic mass is 16.5. The number of hydrogen-bond donors (Lipinski definition) is 1. The number of methoxy groups -OCH3 is 1. The number of rotatable bonds is 4. The van der Waals surface area contributed by atoms with Crippen LogP contribution in [-0.4, -0.2) is 54.1 Å². The number of guanidine groups is 1. The second-order valence-corrected chi connectivity index (χ2v) is 6.08. The molecule has 6 nitrogen and oxygen atoms in total. The number of ether oxygens (including phenoxy) is 1. The van der Waals surface area contributed by atoms with E-state index in [-0.39, 0.29) is 0 Å². The van der Waals surface area contributed by atoms with E-state index in [0.717, 1.165) is 43.4 Å². The molecule has 1 aliphatic rings. The molecule has 1 N–H and O–H groups in total. The first kappa shape index (κ1) is 15.8. The number of hydrogen-bond acceptors (Lipinski definition) is 3. The summed E-state index contributed by atoms with van der Waals surface area (Å²) in [7, 11) is 3.60. The first-order chi connectivity index (χ1) is 11.2. The fourth-order valence-electron chi connectivity index (χ4n) is 3.18. The lowest BCUT2D eigenvalue weighted by molar-refractivity contribution is 0.157. The Morgan fingerprint density at radius 2 is 2.35 bits per heavy atom. The molecular weight excluding hydrogens is 290 g/mol. The fraction of sp³-hybridized carbons (Fsp3) is 0.529. The van der Waals surface area contributed by atoms with E-state index >= 15 is 0 Å². The standard InChI is InChI=1S/C17H25N5O/c1-13-5-4-6-16-20-15(11-22(13)16)9-19-17(18-2)21-8-7-14(10-21)12-23-3/h4-6,11,14H,7-10,12H2,1-3H3,(H,18,19). The van der Waals surface area contributed by atoms with Crippen LogP contribution in [0.3, 0.4) is 0 Å². The molecule has 124 valence electrons. The maximum atomic E-state index is 5.26. The minimum absolute atomic E-state index is 0.594. The van der Waals surface area contributed by atoms with Gasteiger partial charge >= 0.3 is 0 Å². The quantitative estimate of drug-likeness (QED) is 0.689. The highest BCUT2D eigenvalue weighted by Gasteiger charge is 2.24. The molecule has 0 bridgehead atoms. The van der Waals surface area contributed by atoms with Crippen LogP contribution in [-0.2, 0) is 11.3 Å². The van der Waals surface area contributed by atoms with Crippen molar-refractivity contribution in [2.75, 3.05) is 33.9 Å². The molecule has 0 aromatic carbocycles. The first-order valence-corrected chi connectivity index (χ1v) is 8.09. The molecule has 23 heavy (non-hydrogen) atoms. The number of pyridine rings is 1. The summed E-state index contributed by atoms with van der Waals surface area (Å²) in [6.45, 7) is 5.61. The van der Waals surface area contributed by atoms with Crippen LogP contribution in [0.15, 0.2) is 29.4 Å². The maximum absolute atomic E-state index is 5.26. The average molecular weight is 315 g/mol. The van der Waals surface area contributed by atoms with E-state index in [1.165, 1.54) is 5.69 Å². The number of aryl methyl sites for hydroxylation is 1. The number of aliphatic imine (C=N–C) groups is 1. The Morgan fingerprint density at radius 1 is 1.48 bits per heavy atom. The van der Waals surface area contributed by atoms with Crippen LogP contribution in [0.5, 0.6) is 0 Å². The van der Waals surface area contributed by atoms with Crippen molar-refractivity contribution in [3.05, 3.63) is 35.8 Å². The van der Waals surface area contributed by atoms with Gasteiger partial charge in [0.2, 0.25) is 0 Å². The first-order valence-electron chi connectivity index (χ1n) is 8.09. The van der Waals surface area contributed by atoms with E-state index in [2.05, 4.69) is 43.8 Å². The van der Waals surface area contributed by atoms with Gasteiger partial charge in [0.05, 0.1) is 18.8 Å². The fourth-order valence-corrected chi connectivity index (χ4v) is 3.18. The molecule has 0 amide bonds. The Morgan fingerprint density at radius 3 is 3.09 bits per heavy atom. The van der Waals surface area contributed by atoms with Crippen molar-refractivity contribution in [2.24, 2.45) is 10.9 Å². The van der Waals surface area contributed by atoms with Crippen LogP contribution in [0.1, 0.15) is 17.8 Å². The molecule has 1 aliphatic heterocycles. The molecule has 3 rings (SSSR count). The van der Waals surface area contributed by atoms with Crippen LogP contribution in [0.25, 0.3) is 5.65 Å². The molecule has 1 saturated heterocycles. The van der Waals surface area contributed by atoms with Crippen molar-refractivity contribution in [3.8, 4) is 0 Å². The lowest BCUT2D eigenvalue weighted by Crippen LogP contribution is -2.39. The minimum atomic E-state index is 0.594. The Balaban J connectivity index is 1.62. The predicted octanol–water partition coefficient (Wildman–Crippen LogP) is 1.69. The van der Waals surface area contributed by atoms with Crippen LogP contribution < -0.4 is 5.32 Å². The molecule has 2 aromatic heterocycles. The zero-order chi connectivity index (χ0) is 16.2. The van der Waals surface area contributed by atoms with Gasteiger partial charge in [-0.25, -0.2) is 4.98 Å². The molecule has 0 saturated carbocycles. The molecule has 0 radical (unpaired) electrons. The molecule has 6 heteroatoms. The molecule has 1 unspecified atom stereocenters. The Bertz CT molecular complexity index is 693. The van der Waals surface area contributed by atoms with E-state index in [1.807, 2.05) is 19.2 Å². The van der Waals surface area contributed by atoms with Gasteiger partial charge < -0.3 is 19.4 Å². The SMILES string of the molecule is CN=C(NCc1cn2c(C)cccc2n1)N1CCC(COC)C1. The van der Waals surface area contributed by atoms with Crippen molar-refractivity contribution < 1.29 is 4.74 Å². The van der Waals surface area contributed by atoms with Gasteiger partial charge in [0.15, 0.2) is 5.96 Å². The lowest BCUT2D eigenvalue weighted by atomic mass is 10.1. The Labute approximate surface area is 137 Å². The van der Waals surface area contributed by atoms with Gasteiger partial charge in [0, 0.05) is 45.1 Å². The third kappa shape index (κ3) is 3.47. The average Bonchev–Trinajstić information content (AvgIpc) is 3.16. The molecule has 3 heterocycles. The normalized spacial score (nSPS) is 18.8. The molecule has 1 atom stereocenters. The minimum Gasteiger partial charge on any atom is -0.384 e. The van der Waals surface area contributed by atoms with E-state index in [1.54, 1.807) is 7.11 Å². The van der Waals surface area contributed by atoms with Crippen molar-refractivity contribution in [1.29, 1.82) is 0 Å². The third-order valence-corrected chi connectivity index (χ3v) is 4.37. The summed E-state index contributed by atoms with van der Waals surface area (Å²) < 4.78 is 7.38. The Hall–Kier alpha value is -2.08. The van der Waals surface area contributed by atoms with E-state index in [9.17, 15) is 0 Å². The molecule has 2 aromatic rings. The number of likely N-dealkylation sites (tertiary alicyclic amines) is 1. The monoisotopic (exact) mass is 315 g/mol. The van der Waals surface area contributed by atoms with Gasteiger partial charge in [0.25, 0.3) is 0 Å². The second kappa shape index (κ2) is 7.00. The third-order valence-electron chi connectivity index (χ3n) is 4.37. The number of nitrogens with one attached hydrogen (secondary N) is 1. The second-order valence-electron chi connectivity index (χ2n) is 6.08. The zero-order valence-corrected chi connectivity index (χ0v) is 14.1. The summed E-state index contributed by atoms with van der Waals surface area (Å²) in [6.07, 6.45) is 3.24. The van der Waals surface area contributed by atoms with Crippen LogP contribution in [0.2, 0.25) is 0 Å². The Kier molecular flexibility index (Phi) is 4.81. The van der Waals surface area contributed by atoms with Gasteiger partial charge in [-0.15, -0.1) is 0 Å². The highest BCUT2D eigenvalue weighted by Crippen LogP contribution is 2.16. The van der Waals surface area contributed by atoms with Gasteiger partial charge in [-0.3, -0.25) is 4.99 Å². The van der Waals surface area contributed by atoms with Crippen molar-refractivity contribution in [3.63, 3.8) is 0 Å². The van der Waals surface area contributed by atoms with Gasteiger partial charge in [-0.1, -0.05) is 6.07 Å². The van der Waals surface area contributed by atoms with Crippen LogP contribution in [0, 0.1) is 12.8 Å². The van der Waals surface area contributed by atoms with Crippen LogP contribution >= 0.6 is 0 Å². The van der Waals surface area contributed by atoms with Crippen molar-refractivity contribution in [1.82, 2.24) is 19.6 Å². The molecule has 0 aliphatic carbocycles. The molecule has 0 spiro atoms. The predicted molar refractivity (Wildman–Crippen MR) is 91.7 cm³/mol. The van der Waals surface area contributed by atoms with E-state index in [4.69, 9.17) is 4.74 Å². The summed E-state index contributed by atoms with van der Waals surface area (Å²) in [4.78, 5) is 11.4. The largest absolute Gasteiger partial charge is 0.384 e. The zero-order valence-electron chi connectivity index (χ0n) is 14.1. The molecular formula is C17H25N5O. The lowest BCUT2D eigenvalue weighted by Gasteiger charge is -2.21. The van der Waals surface area contributed by atoms with Gasteiger partial charge in [-0.2, -0.15) is 0 Å². The molecule has 1 fully saturated rings. The summed E-state index contributed by atoms with van der Waals surface area (Å²) in [5, 5.41) is 3.43. The van der Waals surface area contributed by atoms with Crippen molar-refractivity contribution in [2.45, 2.75) is 19.9 Å². The van der Waals surface area contributed by atoms with E-state index in [0.29, 0.717) is 12.5 Å². The summed E-state index contributed by atoms with van der Waals surface area (Å²) in [5.74, 6) is 1.54. The van der Waals surface area contributed by atoms with Gasteiger partial charge in [0.1, 0.15) is 5.65 Å². The topological polar surface area (TPSA) is 54.2 Å². The number of nitrogens with zero attached hydrogens (tertiary/aromatic N) is 4. The number of aromatic nitrogens is 2. The smallest absolute Gasteiger partial charge is 0.193 e.